The number of ether oxygens (including phenoxy) is 4. The third kappa shape index (κ3) is 3.26. The maximum Gasteiger partial charge on any atom is 0.363 e. The molecule has 0 saturated carbocycles. The molecule has 0 aliphatic carbocycles. The van der Waals surface area contributed by atoms with Crippen molar-refractivity contribution in [3.8, 4) is 17.2 Å². The summed E-state index contributed by atoms with van der Waals surface area (Å²) in [5.41, 5.74) is 1.70. The van der Waals surface area contributed by atoms with Crippen molar-refractivity contribution in [2.75, 3.05) is 6.79 Å². The van der Waals surface area contributed by atoms with Gasteiger partial charge in [-0.3, -0.25) is 0 Å². The molecule has 0 radical (unpaired) electrons. The van der Waals surface area contributed by atoms with Crippen molar-refractivity contribution in [1.82, 2.24) is 0 Å². The number of hydrogen-bond acceptors (Lipinski definition) is 6. The molecule has 2 heterocycles. The molecule has 0 saturated heterocycles. The first-order chi connectivity index (χ1) is 12.6. The summed E-state index contributed by atoms with van der Waals surface area (Å²) in [4.78, 5) is 16.5. The average Bonchev–Trinajstić information content (AvgIpc) is 3.21. The summed E-state index contributed by atoms with van der Waals surface area (Å²) in [6.45, 7) is 4.10. The number of benzene rings is 2. The Morgan fingerprint density at radius 1 is 1.12 bits per heavy atom. The van der Waals surface area contributed by atoms with Crippen molar-refractivity contribution in [1.29, 1.82) is 0 Å². The number of carbonyl (C=O) groups is 1. The number of aliphatic imine (C=N–C) groups is 1. The highest BCUT2D eigenvalue weighted by Gasteiger charge is 2.25. The van der Waals surface area contributed by atoms with Crippen LogP contribution in [-0.2, 0) is 9.53 Å². The normalized spacial score (nSPS) is 16.8. The van der Waals surface area contributed by atoms with Gasteiger partial charge in [0, 0.05) is 5.56 Å². The Morgan fingerprint density at radius 2 is 1.96 bits per heavy atom. The van der Waals surface area contributed by atoms with E-state index in [2.05, 4.69) is 4.99 Å². The van der Waals surface area contributed by atoms with Crippen LogP contribution in [0.5, 0.6) is 17.2 Å². The van der Waals surface area contributed by atoms with E-state index < -0.39 is 5.97 Å². The van der Waals surface area contributed by atoms with E-state index in [1.54, 1.807) is 24.3 Å². The highest BCUT2D eigenvalue weighted by molar-refractivity contribution is 6.13. The number of cyclic esters (lactones) is 1. The molecular weight excluding hydrogens is 334 g/mol. The van der Waals surface area contributed by atoms with E-state index in [4.69, 9.17) is 18.9 Å². The smallest absolute Gasteiger partial charge is 0.363 e. The van der Waals surface area contributed by atoms with Crippen LogP contribution in [0.25, 0.3) is 6.08 Å². The fraction of sp³-hybridized carbons (Fsp3) is 0.200. The van der Waals surface area contributed by atoms with E-state index in [-0.39, 0.29) is 24.5 Å². The minimum absolute atomic E-state index is 0.0741. The molecule has 6 nitrogen and oxygen atoms in total. The lowest BCUT2D eigenvalue weighted by atomic mass is 10.2. The van der Waals surface area contributed by atoms with Gasteiger partial charge < -0.3 is 18.9 Å². The maximum absolute atomic E-state index is 12.2. The van der Waals surface area contributed by atoms with E-state index in [1.165, 1.54) is 0 Å². The maximum atomic E-state index is 12.2. The van der Waals surface area contributed by atoms with E-state index in [9.17, 15) is 4.79 Å². The van der Waals surface area contributed by atoms with Crippen molar-refractivity contribution in [3.63, 3.8) is 0 Å². The molecule has 0 amide bonds. The summed E-state index contributed by atoms with van der Waals surface area (Å²) in [5.74, 6) is 1.76. The van der Waals surface area contributed by atoms with Crippen molar-refractivity contribution in [2.45, 2.75) is 20.0 Å². The Hall–Kier alpha value is -3.28. The second kappa shape index (κ2) is 6.55. The monoisotopic (exact) mass is 351 g/mol. The van der Waals surface area contributed by atoms with Crippen molar-refractivity contribution in [2.24, 2.45) is 4.99 Å². The van der Waals surface area contributed by atoms with Crippen LogP contribution in [0, 0.1) is 0 Å². The van der Waals surface area contributed by atoms with Gasteiger partial charge in [0.05, 0.1) is 6.10 Å². The molecule has 0 bridgehead atoms. The summed E-state index contributed by atoms with van der Waals surface area (Å²) in [5, 5.41) is 0. The summed E-state index contributed by atoms with van der Waals surface area (Å²) in [6.07, 6.45) is 1.75. The van der Waals surface area contributed by atoms with Gasteiger partial charge in [0.25, 0.3) is 0 Å². The summed E-state index contributed by atoms with van der Waals surface area (Å²) < 4.78 is 21.6. The minimum atomic E-state index is -0.493. The van der Waals surface area contributed by atoms with Crippen molar-refractivity contribution in [3.05, 3.63) is 59.3 Å². The predicted molar refractivity (Wildman–Crippen MR) is 95.4 cm³/mol. The molecule has 2 aromatic carbocycles. The van der Waals surface area contributed by atoms with Crippen LogP contribution in [0.3, 0.4) is 0 Å². The standard InChI is InChI=1S/C20H17NO5/c1-12(2)25-15-5-3-4-13(8-15)9-16-20(22)26-19(21-16)14-6-7-17-18(10-14)24-11-23-17/h3-10,12H,11H2,1-2H3/b16-9+. The van der Waals surface area contributed by atoms with E-state index >= 15 is 0 Å². The third-order valence-electron chi connectivity index (χ3n) is 3.77. The fourth-order valence-electron chi connectivity index (χ4n) is 2.67. The Bertz CT molecular complexity index is 930. The number of hydrogen-bond donors (Lipinski definition) is 0. The zero-order valence-electron chi connectivity index (χ0n) is 14.4. The van der Waals surface area contributed by atoms with E-state index in [0.29, 0.717) is 17.1 Å². The van der Waals surface area contributed by atoms with Crippen LogP contribution in [0.2, 0.25) is 0 Å². The largest absolute Gasteiger partial charge is 0.491 e. The molecule has 0 spiro atoms. The number of rotatable bonds is 4. The first-order valence-corrected chi connectivity index (χ1v) is 8.28. The lowest BCUT2D eigenvalue weighted by Gasteiger charge is -2.09. The number of carbonyl (C=O) groups excluding carboxylic acids is 1. The van der Waals surface area contributed by atoms with Gasteiger partial charge in [0.1, 0.15) is 5.75 Å². The lowest BCUT2D eigenvalue weighted by molar-refractivity contribution is -0.129. The molecule has 0 N–H and O–H groups in total. The second-order valence-corrected chi connectivity index (χ2v) is 6.14. The van der Waals surface area contributed by atoms with Gasteiger partial charge in [0.15, 0.2) is 17.2 Å². The SMILES string of the molecule is CC(C)Oc1cccc(/C=C2/N=C(c3ccc4c(c3)OCO4)OC2=O)c1. The third-order valence-corrected chi connectivity index (χ3v) is 3.77. The molecular formula is C20H17NO5. The molecule has 0 aromatic heterocycles. The topological polar surface area (TPSA) is 66.3 Å². The van der Waals surface area contributed by atoms with Crippen LogP contribution in [0.15, 0.2) is 53.2 Å². The Balaban J connectivity index is 1.61. The quantitative estimate of drug-likeness (QED) is 0.622. The van der Waals surface area contributed by atoms with Gasteiger partial charge in [-0.05, 0) is 55.8 Å². The molecule has 0 fully saturated rings. The van der Waals surface area contributed by atoms with Gasteiger partial charge in [0.2, 0.25) is 12.7 Å². The fourth-order valence-corrected chi connectivity index (χ4v) is 2.67. The molecule has 132 valence electrons. The van der Waals surface area contributed by atoms with Gasteiger partial charge in [-0.2, -0.15) is 0 Å². The zero-order chi connectivity index (χ0) is 18.1. The van der Waals surface area contributed by atoms with E-state index in [1.807, 2.05) is 38.1 Å². The van der Waals surface area contributed by atoms with Gasteiger partial charge in [-0.1, -0.05) is 12.1 Å². The Labute approximate surface area is 150 Å². The minimum Gasteiger partial charge on any atom is -0.491 e. The van der Waals surface area contributed by atoms with Crippen LogP contribution in [0.1, 0.15) is 25.0 Å². The summed E-state index contributed by atoms with van der Waals surface area (Å²) in [6, 6.07) is 12.8. The molecule has 2 aromatic rings. The Morgan fingerprint density at radius 3 is 2.81 bits per heavy atom. The highest BCUT2D eigenvalue weighted by atomic mass is 16.7. The van der Waals surface area contributed by atoms with Gasteiger partial charge in [-0.15, -0.1) is 0 Å². The molecule has 4 rings (SSSR count). The lowest BCUT2D eigenvalue weighted by Crippen LogP contribution is -2.05. The first kappa shape index (κ1) is 16.2. The molecule has 2 aliphatic heterocycles. The van der Waals surface area contributed by atoms with Crippen LogP contribution in [0.4, 0.5) is 0 Å². The van der Waals surface area contributed by atoms with Crippen LogP contribution in [-0.4, -0.2) is 24.8 Å². The van der Waals surface area contributed by atoms with Gasteiger partial charge >= 0.3 is 5.97 Å². The zero-order valence-corrected chi connectivity index (χ0v) is 14.4. The number of nitrogens with zero attached hydrogens (tertiary/aromatic N) is 1. The predicted octanol–water partition coefficient (Wildman–Crippen LogP) is 3.55. The number of fused-ring (bicyclic) bond motifs is 1. The molecule has 26 heavy (non-hydrogen) atoms. The van der Waals surface area contributed by atoms with Crippen molar-refractivity contribution >= 4 is 17.9 Å². The van der Waals surface area contributed by atoms with Crippen molar-refractivity contribution < 1.29 is 23.7 Å². The second-order valence-electron chi connectivity index (χ2n) is 6.14. The van der Waals surface area contributed by atoms with Gasteiger partial charge in [-0.25, -0.2) is 9.79 Å². The summed E-state index contributed by atoms with van der Waals surface area (Å²) in [7, 11) is 0. The summed E-state index contributed by atoms with van der Waals surface area (Å²) >= 11 is 0. The molecule has 6 heteroatoms. The highest BCUT2D eigenvalue weighted by Crippen LogP contribution is 2.33. The molecule has 0 unspecified atom stereocenters. The van der Waals surface area contributed by atoms with Crippen LogP contribution >= 0.6 is 0 Å². The van der Waals surface area contributed by atoms with Crippen LogP contribution < -0.4 is 14.2 Å². The Kier molecular flexibility index (Phi) is 4.08. The number of esters is 1. The molecule has 2 aliphatic rings. The van der Waals surface area contributed by atoms with E-state index in [0.717, 1.165) is 11.3 Å². The average molecular weight is 351 g/mol. The molecule has 0 atom stereocenters. The first-order valence-electron chi connectivity index (χ1n) is 8.28.